The molecule has 0 radical (unpaired) electrons. The molecular weight excluding hydrogens is 470 g/mol. The number of aliphatic hydroxyl groups is 1. The van der Waals surface area contributed by atoms with Crippen molar-refractivity contribution in [1.29, 1.82) is 5.26 Å². The Bertz CT molecular complexity index is 1610. The van der Waals surface area contributed by atoms with Crippen molar-refractivity contribution in [1.82, 2.24) is 9.78 Å². The monoisotopic (exact) mass is 499 g/mol. The molecule has 0 spiro atoms. The van der Waals surface area contributed by atoms with Crippen LogP contribution in [0.3, 0.4) is 0 Å². The van der Waals surface area contributed by atoms with E-state index in [1.165, 1.54) is 5.56 Å². The lowest BCUT2D eigenvalue weighted by atomic mass is 9.57. The maximum Gasteiger partial charge on any atom is 0.176 e. The number of ketones is 1. The van der Waals surface area contributed by atoms with Gasteiger partial charge in [-0.25, -0.2) is 4.68 Å². The third-order valence-electron chi connectivity index (χ3n) is 8.47. The van der Waals surface area contributed by atoms with E-state index in [0.717, 1.165) is 52.2 Å². The van der Waals surface area contributed by atoms with Gasteiger partial charge in [-0.3, -0.25) is 4.79 Å². The van der Waals surface area contributed by atoms with Gasteiger partial charge in [0, 0.05) is 22.5 Å². The van der Waals surface area contributed by atoms with Crippen molar-refractivity contribution in [3.05, 3.63) is 107 Å². The van der Waals surface area contributed by atoms with Gasteiger partial charge in [-0.05, 0) is 47.6 Å². The number of carbonyl (C=O) groups is 1. The lowest BCUT2D eigenvalue weighted by Crippen LogP contribution is -2.46. The van der Waals surface area contributed by atoms with Gasteiger partial charge in [0.25, 0.3) is 0 Å². The summed E-state index contributed by atoms with van der Waals surface area (Å²) in [6.07, 6.45) is 3.60. The van der Waals surface area contributed by atoms with Crippen LogP contribution in [0.25, 0.3) is 28.1 Å². The lowest BCUT2D eigenvalue weighted by Gasteiger charge is -2.45. The summed E-state index contributed by atoms with van der Waals surface area (Å²) in [5, 5.41) is 24.8. The molecule has 0 unspecified atom stereocenters. The average molecular weight is 500 g/mol. The van der Waals surface area contributed by atoms with Crippen LogP contribution in [0.1, 0.15) is 37.1 Å². The van der Waals surface area contributed by atoms with Crippen LogP contribution in [-0.4, -0.2) is 20.7 Å². The first-order valence-corrected chi connectivity index (χ1v) is 13.1. The SMILES string of the molecule is C[C@H]1C(=O)C(C#N)=C[C@@]2(C)c3c(c(-c4ccccc4)nn3-c3ccc(-c4ccccc4CO)cc3)CC[C@H]12. The minimum absolute atomic E-state index is 0.0186. The average Bonchev–Trinajstić information content (AvgIpc) is 3.37. The van der Waals surface area contributed by atoms with Gasteiger partial charge in [-0.1, -0.05) is 86.7 Å². The van der Waals surface area contributed by atoms with Crippen LogP contribution >= 0.6 is 0 Å². The summed E-state index contributed by atoms with van der Waals surface area (Å²) in [4.78, 5) is 12.9. The molecule has 4 aromatic rings. The Labute approximate surface area is 222 Å². The zero-order chi connectivity index (χ0) is 26.4. The van der Waals surface area contributed by atoms with Crippen molar-refractivity contribution in [2.75, 3.05) is 0 Å². The first-order valence-electron chi connectivity index (χ1n) is 13.1. The maximum absolute atomic E-state index is 12.9. The highest BCUT2D eigenvalue weighted by atomic mass is 16.3. The minimum atomic E-state index is -0.506. The third-order valence-corrected chi connectivity index (χ3v) is 8.47. The lowest BCUT2D eigenvalue weighted by molar-refractivity contribution is -0.121. The van der Waals surface area contributed by atoms with Crippen molar-refractivity contribution in [3.8, 4) is 34.1 Å². The van der Waals surface area contributed by atoms with E-state index in [9.17, 15) is 15.2 Å². The van der Waals surface area contributed by atoms with Gasteiger partial charge >= 0.3 is 0 Å². The third kappa shape index (κ3) is 3.64. The summed E-state index contributed by atoms with van der Waals surface area (Å²) < 4.78 is 2.03. The Morgan fingerprint density at radius 1 is 1.03 bits per heavy atom. The summed E-state index contributed by atoms with van der Waals surface area (Å²) in [6.45, 7) is 4.11. The van der Waals surface area contributed by atoms with E-state index in [-0.39, 0.29) is 29.8 Å². The van der Waals surface area contributed by atoms with E-state index in [4.69, 9.17) is 5.10 Å². The molecule has 0 amide bonds. The number of rotatable bonds is 4. The molecule has 3 aromatic carbocycles. The first-order chi connectivity index (χ1) is 18.5. The summed E-state index contributed by atoms with van der Waals surface area (Å²) in [6, 6.07) is 28.5. The highest BCUT2D eigenvalue weighted by molar-refractivity contribution is 6.02. The Hall–Kier alpha value is -4.27. The van der Waals surface area contributed by atoms with Crippen LogP contribution in [-0.2, 0) is 23.2 Å². The number of hydrogen-bond acceptors (Lipinski definition) is 4. The number of benzene rings is 3. The molecule has 3 atom stereocenters. The molecule has 0 saturated heterocycles. The second kappa shape index (κ2) is 9.24. The van der Waals surface area contributed by atoms with Gasteiger partial charge < -0.3 is 5.11 Å². The largest absolute Gasteiger partial charge is 0.392 e. The molecule has 0 aliphatic heterocycles. The Kier molecular flexibility index (Phi) is 5.86. The molecule has 1 heterocycles. The number of aliphatic hydroxyl groups excluding tert-OH is 1. The van der Waals surface area contributed by atoms with E-state index >= 15 is 0 Å². The summed E-state index contributed by atoms with van der Waals surface area (Å²) in [5.41, 5.74) is 7.82. The fraction of sp³-hybridized carbons (Fsp3) is 0.242. The number of fused-ring (bicyclic) bond motifs is 3. The molecular formula is C33H29N3O2. The predicted octanol–water partition coefficient (Wildman–Crippen LogP) is 6.19. The number of nitriles is 1. The molecule has 5 nitrogen and oxygen atoms in total. The molecule has 38 heavy (non-hydrogen) atoms. The minimum Gasteiger partial charge on any atom is -0.392 e. The predicted molar refractivity (Wildman–Crippen MR) is 147 cm³/mol. The van der Waals surface area contributed by atoms with Gasteiger partial charge in [0.2, 0.25) is 0 Å². The Morgan fingerprint density at radius 3 is 2.45 bits per heavy atom. The van der Waals surface area contributed by atoms with E-state index in [1.54, 1.807) is 0 Å². The van der Waals surface area contributed by atoms with Crippen LogP contribution in [0.2, 0.25) is 0 Å². The Morgan fingerprint density at radius 2 is 1.74 bits per heavy atom. The molecule has 0 bridgehead atoms. The molecule has 188 valence electrons. The van der Waals surface area contributed by atoms with Crippen LogP contribution < -0.4 is 0 Å². The summed E-state index contributed by atoms with van der Waals surface area (Å²) in [7, 11) is 0. The van der Waals surface area contributed by atoms with Gasteiger partial charge in [0.15, 0.2) is 5.78 Å². The normalized spacial score (nSPS) is 22.3. The molecule has 2 aliphatic rings. The highest BCUT2D eigenvalue weighted by Crippen LogP contribution is 2.52. The molecule has 6 rings (SSSR count). The quantitative estimate of drug-likeness (QED) is 0.363. The van der Waals surface area contributed by atoms with Crippen molar-refractivity contribution in [2.45, 2.75) is 38.7 Å². The topological polar surface area (TPSA) is 78.9 Å². The van der Waals surface area contributed by atoms with Gasteiger partial charge in [-0.2, -0.15) is 10.4 Å². The van der Waals surface area contributed by atoms with Crippen LogP contribution in [0, 0.1) is 23.2 Å². The Balaban J connectivity index is 1.56. The smallest absolute Gasteiger partial charge is 0.176 e. The maximum atomic E-state index is 12.9. The second-order valence-electron chi connectivity index (χ2n) is 10.6. The van der Waals surface area contributed by atoms with Crippen molar-refractivity contribution < 1.29 is 9.90 Å². The molecule has 2 aliphatic carbocycles. The van der Waals surface area contributed by atoms with E-state index in [1.807, 2.05) is 60.1 Å². The van der Waals surface area contributed by atoms with Gasteiger partial charge in [0.05, 0.1) is 29.3 Å². The number of allylic oxidation sites excluding steroid dienone is 2. The van der Waals surface area contributed by atoms with Crippen LogP contribution in [0.15, 0.2) is 90.5 Å². The molecule has 0 saturated carbocycles. The molecule has 5 heteroatoms. The van der Waals surface area contributed by atoms with Crippen molar-refractivity contribution >= 4 is 5.78 Å². The van der Waals surface area contributed by atoms with Gasteiger partial charge in [0.1, 0.15) is 6.07 Å². The second-order valence-corrected chi connectivity index (χ2v) is 10.6. The first kappa shape index (κ1) is 24.1. The van der Waals surface area contributed by atoms with E-state index in [0.29, 0.717) is 0 Å². The van der Waals surface area contributed by atoms with Crippen molar-refractivity contribution in [3.63, 3.8) is 0 Å². The fourth-order valence-corrected chi connectivity index (χ4v) is 6.58. The zero-order valence-electron chi connectivity index (χ0n) is 21.6. The summed E-state index contributed by atoms with van der Waals surface area (Å²) in [5.74, 6) is -0.192. The number of nitrogens with zero attached hydrogens (tertiary/aromatic N) is 3. The van der Waals surface area contributed by atoms with E-state index in [2.05, 4.69) is 49.4 Å². The number of Topliss-reactive ketones (excluding diaryl/α,β-unsaturated/α-hetero) is 1. The molecule has 0 fully saturated rings. The molecule has 1 aromatic heterocycles. The van der Waals surface area contributed by atoms with E-state index < -0.39 is 5.41 Å². The fourth-order valence-electron chi connectivity index (χ4n) is 6.58. The number of carbonyl (C=O) groups excluding carboxylic acids is 1. The molecule has 1 N–H and O–H groups in total. The number of aromatic nitrogens is 2. The standard InChI is InChI=1S/C33H29N3O2/c1-21-29-17-16-28-30(23-8-4-3-5-9-23)35-36(32(28)33(29,2)18-25(19-34)31(21)38)26-14-12-22(13-15-26)27-11-7-6-10-24(27)20-37/h3-15,18,21,29,37H,16-17,20H2,1-2H3/t21-,29-,33-/m1/s1. The van der Waals surface area contributed by atoms with Gasteiger partial charge in [-0.15, -0.1) is 0 Å². The zero-order valence-corrected chi connectivity index (χ0v) is 21.6. The van der Waals surface area contributed by atoms with Crippen LogP contribution in [0.4, 0.5) is 0 Å². The summed E-state index contributed by atoms with van der Waals surface area (Å²) >= 11 is 0. The highest BCUT2D eigenvalue weighted by Gasteiger charge is 2.50. The van der Waals surface area contributed by atoms with Crippen molar-refractivity contribution in [2.24, 2.45) is 11.8 Å². The number of hydrogen-bond donors (Lipinski definition) is 1. The van der Waals surface area contributed by atoms with Crippen LogP contribution in [0.5, 0.6) is 0 Å².